The Labute approximate surface area is 205 Å². The van der Waals surface area contributed by atoms with Crippen molar-refractivity contribution in [2.45, 2.75) is 39.0 Å². The van der Waals surface area contributed by atoms with Crippen LogP contribution >= 0.6 is 0 Å². The molecule has 0 radical (unpaired) electrons. The monoisotopic (exact) mass is 473 g/mol. The van der Waals surface area contributed by atoms with E-state index in [9.17, 15) is 4.79 Å². The lowest BCUT2D eigenvalue weighted by Gasteiger charge is -2.25. The number of hydrogen-bond acceptors (Lipinski definition) is 7. The number of likely N-dealkylation sites (tertiary alicyclic amines) is 1. The molecular formula is C27H31N5O3. The Morgan fingerprint density at radius 2 is 1.86 bits per heavy atom. The molecule has 3 heterocycles. The van der Waals surface area contributed by atoms with Crippen LogP contribution in [-0.4, -0.2) is 53.7 Å². The van der Waals surface area contributed by atoms with Gasteiger partial charge in [0, 0.05) is 31.5 Å². The van der Waals surface area contributed by atoms with E-state index in [2.05, 4.69) is 32.2 Å². The van der Waals surface area contributed by atoms with Gasteiger partial charge < -0.3 is 19.7 Å². The molecule has 0 bridgehead atoms. The number of hydrogen-bond donors (Lipinski definition) is 1. The third-order valence-corrected chi connectivity index (χ3v) is 6.68. The van der Waals surface area contributed by atoms with Gasteiger partial charge in [-0.3, -0.25) is 9.69 Å². The van der Waals surface area contributed by atoms with Gasteiger partial charge in [-0.2, -0.15) is 4.98 Å². The van der Waals surface area contributed by atoms with Crippen molar-refractivity contribution in [3.05, 3.63) is 71.4 Å². The van der Waals surface area contributed by atoms with Crippen LogP contribution in [0.25, 0.3) is 0 Å². The first kappa shape index (κ1) is 23.1. The second-order valence-electron chi connectivity index (χ2n) is 8.95. The number of rotatable bonds is 8. The van der Waals surface area contributed by atoms with E-state index in [1.54, 1.807) is 13.3 Å². The smallest absolute Gasteiger partial charge is 0.259 e. The number of nitrogens with one attached hydrogen (secondary N) is 1. The van der Waals surface area contributed by atoms with E-state index >= 15 is 0 Å². The minimum absolute atomic E-state index is 0.0652. The van der Waals surface area contributed by atoms with E-state index in [0.29, 0.717) is 11.5 Å². The zero-order valence-electron chi connectivity index (χ0n) is 20.2. The highest BCUT2D eigenvalue weighted by molar-refractivity contribution is 5.96. The van der Waals surface area contributed by atoms with Gasteiger partial charge in [-0.05, 0) is 55.5 Å². The number of methoxy groups -OCH3 is 1. The van der Waals surface area contributed by atoms with Gasteiger partial charge in [0.25, 0.3) is 5.91 Å². The van der Waals surface area contributed by atoms with Gasteiger partial charge in [-0.15, -0.1) is 0 Å². The van der Waals surface area contributed by atoms with Crippen molar-refractivity contribution in [3.63, 3.8) is 0 Å². The van der Waals surface area contributed by atoms with Crippen molar-refractivity contribution in [2.75, 3.05) is 31.6 Å². The Balaban J connectivity index is 1.40. The summed E-state index contributed by atoms with van der Waals surface area (Å²) in [6.07, 6.45) is 4.76. The molecule has 0 saturated carbocycles. The number of anilines is 2. The summed E-state index contributed by atoms with van der Waals surface area (Å²) in [4.78, 5) is 26.9. The molecule has 1 unspecified atom stereocenters. The summed E-state index contributed by atoms with van der Waals surface area (Å²) in [6, 6.07) is 15.9. The fourth-order valence-corrected chi connectivity index (χ4v) is 4.66. The van der Waals surface area contributed by atoms with Crippen LogP contribution in [0.5, 0.6) is 11.6 Å². The van der Waals surface area contributed by atoms with Gasteiger partial charge >= 0.3 is 0 Å². The number of para-hydroxylation sites is 1. The van der Waals surface area contributed by atoms with Crippen molar-refractivity contribution in [3.8, 4) is 11.6 Å². The Hall–Kier alpha value is -3.65. The number of nitrogens with zero attached hydrogens (tertiary/aromatic N) is 4. The van der Waals surface area contributed by atoms with Crippen LogP contribution in [0.4, 0.5) is 11.6 Å². The van der Waals surface area contributed by atoms with Crippen molar-refractivity contribution < 1.29 is 14.3 Å². The molecule has 1 aromatic heterocycles. The number of amides is 1. The molecule has 0 spiro atoms. The van der Waals surface area contributed by atoms with Gasteiger partial charge in [0.15, 0.2) is 0 Å². The summed E-state index contributed by atoms with van der Waals surface area (Å²) >= 11 is 0. The molecule has 35 heavy (non-hydrogen) atoms. The average Bonchev–Trinajstić information content (AvgIpc) is 3.58. The predicted octanol–water partition coefficient (Wildman–Crippen LogP) is 3.93. The third-order valence-electron chi connectivity index (χ3n) is 6.68. The minimum atomic E-state index is -0.234. The first-order valence-corrected chi connectivity index (χ1v) is 12.2. The number of carbonyl (C=O) groups excluding carboxylic acids is 1. The highest BCUT2D eigenvalue weighted by Crippen LogP contribution is 2.33. The van der Waals surface area contributed by atoms with Gasteiger partial charge in [0.1, 0.15) is 17.9 Å². The third kappa shape index (κ3) is 5.07. The molecule has 1 saturated heterocycles. The topological polar surface area (TPSA) is 79.8 Å². The summed E-state index contributed by atoms with van der Waals surface area (Å²) in [7, 11) is 1.64. The molecule has 3 aromatic rings. The van der Waals surface area contributed by atoms with E-state index in [1.807, 2.05) is 43.3 Å². The summed E-state index contributed by atoms with van der Waals surface area (Å²) in [6.45, 7) is 5.06. The molecule has 5 rings (SSSR count). The van der Waals surface area contributed by atoms with Crippen LogP contribution in [-0.2, 0) is 13.0 Å². The molecule has 1 atom stereocenters. The lowest BCUT2D eigenvalue weighted by atomic mass is 10.2. The molecule has 2 aromatic carbocycles. The molecule has 1 fully saturated rings. The SMILES string of the molecule is COc1ccc(COc2nc(N3CCc4ccccc43)ncc2C(=O)NC(C)N2CCCC2)cc1. The van der Waals surface area contributed by atoms with Gasteiger partial charge in [-0.25, -0.2) is 4.98 Å². The van der Waals surface area contributed by atoms with Gasteiger partial charge in [0.05, 0.1) is 13.3 Å². The van der Waals surface area contributed by atoms with Crippen LogP contribution in [0, 0.1) is 0 Å². The molecule has 1 amide bonds. The Bertz CT molecular complexity index is 1180. The standard InChI is InChI=1S/C27H31N5O3/c1-19(31-14-5-6-15-31)29-25(33)23-17-28-27(32-16-13-21-7-3-4-8-24(21)32)30-26(23)35-18-20-9-11-22(34-2)12-10-20/h3-4,7-12,17,19H,5-6,13-16,18H2,1-2H3,(H,29,33). The maximum Gasteiger partial charge on any atom is 0.259 e. The number of fused-ring (bicyclic) bond motifs is 1. The van der Waals surface area contributed by atoms with E-state index in [4.69, 9.17) is 14.5 Å². The van der Waals surface area contributed by atoms with Gasteiger partial charge in [-0.1, -0.05) is 30.3 Å². The summed E-state index contributed by atoms with van der Waals surface area (Å²) in [5, 5.41) is 3.09. The second kappa shape index (κ2) is 10.3. The normalized spacial score (nSPS) is 16.1. The van der Waals surface area contributed by atoms with E-state index in [-0.39, 0.29) is 24.6 Å². The van der Waals surface area contributed by atoms with E-state index in [1.165, 1.54) is 5.56 Å². The maximum absolute atomic E-state index is 13.2. The fourth-order valence-electron chi connectivity index (χ4n) is 4.66. The Morgan fingerprint density at radius 3 is 2.63 bits per heavy atom. The zero-order chi connectivity index (χ0) is 24.2. The molecule has 2 aliphatic heterocycles. The van der Waals surface area contributed by atoms with E-state index < -0.39 is 0 Å². The van der Waals surface area contributed by atoms with Crippen LogP contribution in [0.1, 0.15) is 41.3 Å². The van der Waals surface area contributed by atoms with Gasteiger partial charge in [0.2, 0.25) is 11.8 Å². The fraction of sp³-hybridized carbons (Fsp3) is 0.370. The van der Waals surface area contributed by atoms with Crippen LogP contribution < -0.4 is 19.7 Å². The van der Waals surface area contributed by atoms with Crippen LogP contribution in [0.15, 0.2) is 54.7 Å². The first-order chi connectivity index (χ1) is 17.1. The van der Waals surface area contributed by atoms with Crippen LogP contribution in [0.3, 0.4) is 0 Å². The van der Waals surface area contributed by atoms with Crippen molar-refractivity contribution in [1.82, 2.24) is 20.2 Å². The summed E-state index contributed by atoms with van der Waals surface area (Å²) in [5.41, 5.74) is 3.64. The highest BCUT2D eigenvalue weighted by Gasteiger charge is 2.26. The first-order valence-electron chi connectivity index (χ1n) is 12.2. The molecule has 0 aliphatic carbocycles. The summed E-state index contributed by atoms with van der Waals surface area (Å²) in [5.74, 6) is 1.36. The molecule has 8 heteroatoms. The van der Waals surface area contributed by atoms with E-state index in [0.717, 1.165) is 55.9 Å². The number of aromatic nitrogens is 2. The summed E-state index contributed by atoms with van der Waals surface area (Å²) < 4.78 is 11.4. The molecule has 1 N–H and O–H groups in total. The van der Waals surface area contributed by atoms with Crippen molar-refractivity contribution in [2.24, 2.45) is 0 Å². The lowest BCUT2D eigenvalue weighted by molar-refractivity contribution is 0.0879. The molecular weight excluding hydrogens is 442 g/mol. The minimum Gasteiger partial charge on any atom is -0.497 e. The Morgan fingerprint density at radius 1 is 1.09 bits per heavy atom. The number of benzene rings is 2. The number of ether oxygens (including phenoxy) is 2. The molecule has 8 nitrogen and oxygen atoms in total. The predicted molar refractivity (Wildman–Crippen MR) is 134 cm³/mol. The molecule has 2 aliphatic rings. The van der Waals surface area contributed by atoms with Crippen molar-refractivity contribution >= 4 is 17.5 Å². The highest BCUT2D eigenvalue weighted by atomic mass is 16.5. The largest absolute Gasteiger partial charge is 0.497 e. The second-order valence-corrected chi connectivity index (χ2v) is 8.95. The van der Waals surface area contributed by atoms with Crippen molar-refractivity contribution in [1.29, 1.82) is 0 Å². The van der Waals surface area contributed by atoms with Crippen LogP contribution in [0.2, 0.25) is 0 Å². The average molecular weight is 474 g/mol. The lowest BCUT2D eigenvalue weighted by Crippen LogP contribution is -2.45. The number of carbonyl (C=O) groups is 1. The zero-order valence-corrected chi connectivity index (χ0v) is 20.2. The quantitative estimate of drug-likeness (QED) is 0.531. The Kier molecular flexibility index (Phi) is 6.81. The molecule has 182 valence electrons. The maximum atomic E-state index is 13.2.